The predicted molar refractivity (Wildman–Crippen MR) is 65.7 cm³/mol. The third kappa shape index (κ3) is 1.29. The van der Waals surface area contributed by atoms with Crippen molar-refractivity contribution >= 4 is 39.3 Å². The van der Waals surface area contributed by atoms with E-state index in [-0.39, 0.29) is 5.82 Å². The Morgan fingerprint density at radius 3 is 2.94 bits per heavy atom. The van der Waals surface area contributed by atoms with Gasteiger partial charge in [0.1, 0.15) is 11.3 Å². The molecule has 3 rings (SSSR count). The molecule has 0 atom stereocenters. The van der Waals surface area contributed by atoms with Gasteiger partial charge < -0.3 is 0 Å². The number of hydrogen-bond acceptors (Lipinski definition) is 3. The summed E-state index contributed by atoms with van der Waals surface area (Å²) in [6.07, 6.45) is 0. The highest BCUT2D eigenvalue weighted by molar-refractivity contribution is 14.1. The Morgan fingerprint density at radius 2 is 2.12 bits per heavy atom. The van der Waals surface area contributed by atoms with Gasteiger partial charge in [0.25, 0.3) is 0 Å². The van der Waals surface area contributed by atoms with Crippen LogP contribution in [0.3, 0.4) is 0 Å². The molecule has 0 bridgehead atoms. The van der Waals surface area contributed by atoms with E-state index in [1.165, 1.54) is 12.1 Å². The minimum Gasteiger partial charge on any atom is -0.268 e. The first kappa shape index (κ1) is 9.88. The summed E-state index contributed by atoms with van der Waals surface area (Å²) >= 11 is 2.10. The topological polar surface area (TPSA) is 43.1 Å². The third-order valence-electron chi connectivity index (χ3n) is 2.41. The van der Waals surface area contributed by atoms with Gasteiger partial charge in [-0.05, 0) is 19.1 Å². The van der Waals surface area contributed by atoms with E-state index in [9.17, 15) is 4.39 Å². The van der Waals surface area contributed by atoms with Crippen LogP contribution in [0.1, 0.15) is 5.69 Å². The minimum absolute atomic E-state index is 0.288. The second-order valence-corrected chi connectivity index (χ2v) is 4.42. The summed E-state index contributed by atoms with van der Waals surface area (Å²) in [4.78, 5) is 4.29. The zero-order valence-corrected chi connectivity index (χ0v) is 10.4. The van der Waals surface area contributed by atoms with E-state index in [0.717, 1.165) is 9.53 Å². The zero-order valence-electron chi connectivity index (χ0n) is 8.28. The lowest BCUT2D eigenvalue weighted by Crippen LogP contribution is -1.97. The quantitative estimate of drug-likeness (QED) is 0.595. The minimum atomic E-state index is -0.288. The molecule has 0 radical (unpaired) electrons. The Kier molecular flexibility index (Phi) is 2.06. The first-order chi connectivity index (χ1) is 7.66. The average molecular weight is 328 g/mol. The van der Waals surface area contributed by atoms with Crippen LogP contribution in [0.5, 0.6) is 0 Å². The Balaban J connectivity index is 2.61. The van der Waals surface area contributed by atoms with Gasteiger partial charge in [-0.2, -0.15) is 0 Å². The molecule has 3 aromatic rings. The SMILES string of the molecule is Cc1nc(I)n2c1nnc1ccc(F)cc12. The molecule has 80 valence electrons. The number of aryl methyl sites for hydroxylation is 1. The van der Waals surface area contributed by atoms with Crippen LogP contribution in [0.25, 0.3) is 16.7 Å². The van der Waals surface area contributed by atoms with Crippen molar-refractivity contribution in [1.82, 2.24) is 19.6 Å². The van der Waals surface area contributed by atoms with Crippen molar-refractivity contribution < 1.29 is 4.39 Å². The molecule has 0 amide bonds. The first-order valence-corrected chi connectivity index (χ1v) is 5.71. The number of benzene rings is 1. The molecule has 0 spiro atoms. The van der Waals surface area contributed by atoms with Gasteiger partial charge in [-0.1, -0.05) is 0 Å². The molecule has 0 saturated heterocycles. The van der Waals surface area contributed by atoms with Crippen LogP contribution in [0.4, 0.5) is 4.39 Å². The number of aromatic nitrogens is 4. The zero-order chi connectivity index (χ0) is 11.3. The lowest BCUT2D eigenvalue weighted by Gasteiger charge is -2.01. The smallest absolute Gasteiger partial charge is 0.183 e. The van der Waals surface area contributed by atoms with E-state index in [1.807, 2.05) is 6.92 Å². The Labute approximate surface area is 104 Å². The van der Waals surface area contributed by atoms with E-state index in [2.05, 4.69) is 37.8 Å². The van der Waals surface area contributed by atoms with Crippen LogP contribution in [0, 0.1) is 16.6 Å². The van der Waals surface area contributed by atoms with Crippen molar-refractivity contribution in [2.75, 3.05) is 0 Å². The van der Waals surface area contributed by atoms with E-state index >= 15 is 0 Å². The van der Waals surface area contributed by atoms with E-state index in [4.69, 9.17) is 0 Å². The first-order valence-electron chi connectivity index (χ1n) is 4.63. The van der Waals surface area contributed by atoms with Crippen molar-refractivity contribution in [1.29, 1.82) is 0 Å². The standard InChI is InChI=1S/C10H6FIN4/c1-5-9-15-14-7-3-2-6(11)4-8(7)16(9)10(12)13-5/h2-4H,1H3. The number of nitrogens with zero attached hydrogens (tertiary/aromatic N) is 4. The molecule has 0 fully saturated rings. The molecule has 4 nitrogen and oxygen atoms in total. The molecule has 6 heteroatoms. The van der Waals surface area contributed by atoms with Crippen molar-refractivity contribution in [2.24, 2.45) is 0 Å². The van der Waals surface area contributed by atoms with Crippen molar-refractivity contribution in [3.8, 4) is 0 Å². The number of hydrogen-bond donors (Lipinski definition) is 0. The molecule has 0 aliphatic heterocycles. The Hall–Kier alpha value is -1.31. The maximum absolute atomic E-state index is 13.2. The van der Waals surface area contributed by atoms with Gasteiger partial charge in [0.05, 0.1) is 11.2 Å². The van der Waals surface area contributed by atoms with E-state index in [0.29, 0.717) is 16.7 Å². The second kappa shape index (κ2) is 3.34. The fourth-order valence-electron chi connectivity index (χ4n) is 1.68. The van der Waals surface area contributed by atoms with Crippen molar-refractivity contribution in [2.45, 2.75) is 6.92 Å². The van der Waals surface area contributed by atoms with Crippen LogP contribution in [-0.4, -0.2) is 19.6 Å². The summed E-state index contributed by atoms with van der Waals surface area (Å²) in [5.74, 6) is -0.288. The van der Waals surface area contributed by atoms with Gasteiger partial charge in [-0.3, -0.25) is 4.40 Å². The van der Waals surface area contributed by atoms with E-state index < -0.39 is 0 Å². The summed E-state index contributed by atoms with van der Waals surface area (Å²) in [5, 5.41) is 8.13. The lowest BCUT2D eigenvalue weighted by molar-refractivity contribution is 0.629. The molecular weight excluding hydrogens is 322 g/mol. The molecule has 0 N–H and O–H groups in total. The molecule has 0 unspecified atom stereocenters. The Morgan fingerprint density at radius 1 is 1.31 bits per heavy atom. The number of rotatable bonds is 0. The molecular formula is C10H6FIN4. The van der Waals surface area contributed by atoms with Crippen LogP contribution in [-0.2, 0) is 0 Å². The number of halogens is 2. The second-order valence-electron chi connectivity index (χ2n) is 3.46. The third-order valence-corrected chi connectivity index (χ3v) is 3.13. The highest BCUT2D eigenvalue weighted by Gasteiger charge is 2.11. The molecule has 0 saturated carbocycles. The molecule has 0 aliphatic rings. The predicted octanol–water partition coefficient (Wildman–Crippen LogP) is 2.33. The van der Waals surface area contributed by atoms with Crippen LogP contribution in [0.2, 0.25) is 0 Å². The number of imidazole rings is 1. The summed E-state index contributed by atoms with van der Waals surface area (Å²) in [7, 11) is 0. The lowest BCUT2D eigenvalue weighted by atomic mass is 10.3. The molecule has 2 aromatic heterocycles. The normalized spacial score (nSPS) is 11.4. The molecule has 16 heavy (non-hydrogen) atoms. The van der Waals surface area contributed by atoms with Crippen molar-refractivity contribution in [3.05, 3.63) is 33.5 Å². The maximum Gasteiger partial charge on any atom is 0.183 e. The summed E-state index contributed by atoms with van der Waals surface area (Å²) < 4.78 is 15.8. The van der Waals surface area contributed by atoms with Gasteiger partial charge in [0.2, 0.25) is 0 Å². The van der Waals surface area contributed by atoms with Crippen LogP contribution in [0.15, 0.2) is 18.2 Å². The maximum atomic E-state index is 13.2. The fourth-order valence-corrected chi connectivity index (χ4v) is 2.53. The summed E-state index contributed by atoms with van der Waals surface area (Å²) in [5.41, 5.74) is 2.81. The number of fused-ring (bicyclic) bond motifs is 3. The summed E-state index contributed by atoms with van der Waals surface area (Å²) in [6.45, 7) is 1.86. The monoisotopic (exact) mass is 328 g/mol. The fraction of sp³-hybridized carbons (Fsp3) is 0.100. The van der Waals surface area contributed by atoms with Crippen LogP contribution >= 0.6 is 22.6 Å². The summed E-state index contributed by atoms with van der Waals surface area (Å²) in [6, 6.07) is 4.43. The van der Waals surface area contributed by atoms with Crippen LogP contribution < -0.4 is 0 Å². The molecule has 1 aromatic carbocycles. The van der Waals surface area contributed by atoms with Gasteiger partial charge >= 0.3 is 0 Å². The van der Waals surface area contributed by atoms with Gasteiger partial charge in [-0.15, -0.1) is 10.2 Å². The van der Waals surface area contributed by atoms with Gasteiger partial charge in [0.15, 0.2) is 9.48 Å². The van der Waals surface area contributed by atoms with Gasteiger partial charge in [-0.25, -0.2) is 9.37 Å². The highest BCUT2D eigenvalue weighted by Crippen LogP contribution is 2.19. The van der Waals surface area contributed by atoms with Crippen molar-refractivity contribution in [3.63, 3.8) is 0 Å². The molecule has 2 heterocycles. The molecule has 0 aliphatic carbocycles. The van der Waals surface area contributed by atoms with Gasteiger partial charge in [0, 0.05) is 28.7 Å². The van der Waals surface area contributed by atoms with E-state index in [1.54, 1.807) is 10.5 Å². The Bertz CT molecular complexity index is 707. The average Bonchev–Trinajstić information content (AvgIpc) is 2.54. The largest absolute Gasteiger partial charge is 0.268 e. The highest BCUT2D eigenvalue weighted by atomic mass is 127.